The van der Waals surface area contributed by atoms with Crippen molar-refractivity contribution in [1.82, 2.24) is 10.9 Å². The number of carbonyl (C=O) groups is 2. The lowest BCUT2D eigenvalue weighted by Crippen LogP contribution is -2.47. The molecule has 0 aliphatic carbocycles. The van der Waals surface area contributed by atoms with Gasteiger partial charge in [0.1, 0.15) is 17.3 Å². The summed E-state index contributed by atoms with van der Waals surface area (Å²) in [5.74, 6) is -1.88. The lowest BCUT2D eigenvalue weighted by molar-refractivity contribution is -0.137. The first-order valence-electron chi connectivity index (χ1n) is 8.93. The van der Waals surface area contributed by atoms with Crippen LogP contribution in [0.15, 0.2) is 65.1 Å². The molecule has 0 radical (unpaired) electrons. The topological polar surface area (TPSA) is 80.6 Å². The summed E-state index contributed by atoms with van der Waals surface area (Å²) in [5.41, 5.74) is 3.55. The Kier molecular flexibility index (Phi) is 6.28. The monoisotopic (exact) mass is 436 g/mol. The molecule has 6 nitrogen and oxygen atoms in total. The zero-order valence-corrected chi connectivity index (χ0v) is 16.0. The van der Waals surface area contributed by atoms with E-state index in [2.05, 4.69) is 10.9 Å². The number of benzene rings is 2. The first-order valence-corrected chi connectivity index (χ1v) is 8.93. The van der Waals surface area contributed by atoms with E-state index in [4.69, 9.17) is 9.15 Å². The first kappa shape index (κ1) is 21.9. The second-order valence-corrected chi connectivity index (χ2v) is 6.40. The minimum absolute atomic E-state index is 0.0515. The molecule has 1 atom stereocenters. The second kappa shape index (κ2) is 8.90. The van der Waals surface area contributed by atoms with Gasteiger partial charge in [0.15, 0.2) is 11.9 Å². The fourth-order valence-corrected chi connectivity index (χ4v) is 2.52. The number of rotatable bonds is 5. The number of furan rings is 1. The molecule has 0 spiro atoms. The molecule has 0 bridgehead atoms. The van der Waals surface area contributed by atoms with Crippen molar-refractivity contribution in [1.29, 1.82) is 0 Å². The summed E-state index contributed by atoms with van der Waals surface area (Å²) >= 11 is 0. The first-order chi connectivity index (χ1) is 14.6. The van der Waals surface area contributed by atoms with Gasteiger partial charge in [0.2, 0.25) is 0 Å². The molecule has 31 heavy (non-hydrogen) atoms. The van der Waals surface area contributed by atoms with Gasteiger partial charge in [0.25, 0.3) is 5.91 Å². The number of hydrazine groups is 1. The van der Waals surface area contributed by atoms with Gasteiger partial charge in [-0.1, -0.05) is 12.1 Å². The summed E-state index contributed by atoms with van der Waals surface area (Å²) < 4.78 is 62.1. The largest absolute Gasteiger partial charge is 0.481 e. The van der Waals surface area contributed by atoms with Crippen LogP contribution in [0, 0.1) is 5.82 Å². The normalized spacial score (nSPS) is 12.2. The van der Waals surface area contributed by atoms with Crippen LogP contribution in [0.2, 0.25) is 0 Å². The number of halogens is 4. The molecule has 2 N–H and O–H groups in total. The number of ether oxygens (including phenoxy) is 1. The van der Waals surface area contributed by atoms with Gasteiger partial charge >= 0.3 is 12.1 Å². The maximum atomic E-state index is 12.9. The number of alkyl halides is 3. The highest BCUT2D eigenvalue weighted by molar-refractivity contribution is 5.94. The molecule has 2 aromatic carbocycles. The minimum Gasteiger partial charge on any atom is -0.481 e. The molecule has 0 saturated heterocycles. The molecule has 1 heterocycles. The Morgan fingerprint density at radius 3 is 2.39 bits per heavy atom. The van der Waals surface area contributed by atoms with Crippen LogP contribution in [0.1, 0.15) is 23.0 Å². The van der Waals surface area contributed by atoms with E-state index < -0.39 is 35.5 Å². The van der Waals surface area contributed by atoms with Crippen molar-refractivity contribution >= 4 is 11.8 Å². The Hall–Kier alpha value is -3.82. The molecule has 1 aromatic heterocycles. The maximum absolute atomic E-state index is 12.9. The standard InChI is InChI=1S/C21H16F4N2O4/c1-12(30-16-7-5-15(22)6-8-16)19(28)26-27-20(29)18-10-9-17(31-18)13-3-2-4-14(11-13)21(23,24)25/h2-12H,1H3,(H,26,28)(H,27,29). The SMILES string of the molecule is CC(Oc1ccc(F)cc1)C(=O)NNC(=O)c1ccc(-c2cccc(C(F)(F)F)c2)o1. The molecular weight excluding hydrogens is 420 g/mol. The predicted octanol–water partition coefficient (Wildman–Crippen LogP) is 4.33. The molecule has 10 heteroatoms. The van der Waals surface area contributed by atoms with Crippen LogP contribution in [0.25, 0.3) is 11.3 Å². The Morgan fingerprint density at radius 1 is 1.00 bits per heavy atom. The summed E-state index contributed by atoms with van der Waals surface area (Å²) in [6.45, 7) is 1.42. The third kappa shape index (κ3) is 5.62. The fourth-order valence-electron chi connectivity index (χ4n) is 2.52. The van der Waals surface area contributed by atoms with Crippen LogP contribution in [0.4, 0.5) is 17.6 Å². The molecule has 0 saturated carbocycles. The van der Waals surface area contributed by atoms with Gasteiger partial charge in [0.05, 0.1) is 5.56 Å². The molecule has 3 aromatic rings. The third-order valence-corrected chi connectivity index (χ3v) is 4.10. The lowest BCUT2D eigenvalue weighted by Gasteiger charge is -2.14. The van der Waals surface area contributed by atoms with Crippen molar-refractivity contribution in [2.75, 3.05) is 0 Å². The van der Waals surface area contributed by atoms with Gasteiger partial charge in [-0.2, -0.15) is 13.2 Å². The number of hydrogen-bond donors (Lipinski definition) is 2. The molecule has 3 rings (SSSR count). The molecular formula is C21H16F4N2O4. The van der Waals surface area contributed by atoms with Crippen LogP contribution in [-0.2, 0) is 11.0 Å². The molecule has 1 unspecified atom stereocenters. The summed E-state index contributed by atoms with van der Waals surface area (Å²) in [7, 11) is 0. The van der Waals surface area contributed by atoms with E-state index in [0.29, 0.717) is 0 Å². The number of hydrogen-bond acceptors (Lipinski definition) is 4. The zero-order chi connectivity index (χ0) is 22.6. The molecule has 0 aliphatic heterocycles. The van der Waals surface area contributed by atoms with Crippen molar-refractivity contribution in [2.45, 2.75) is 19.2 Å². The van der Waals surface area contributed by atoms with Gasteiger partial charge in [-0.25, -0.2) is 4.39 Å². The number of amides is 2. The third-order valence-electron chi connectivity index (χ3n) is 4.10. The van der Waals surface area contributed by atoms with Gasteiger partial charge < -0.3 is 9.15 Å². The molecule has 0 aliphatic rings. The number of carbonyl (C=O) groups excluding carboxylic acids is 2. The quantitative estimate of drug-likeness (QED) is 0.461. The van der Waals surface area contributed by atoms with Crippen molar-refractivity contribution in [3.63, 3.8) is 0 Å². The summed E-state index contributed by atoms with van der Waals surface area (Å²) in [5, 5.41) is 0. The van der Waals surface area contributed by atoms with Crippen molar-refractivity contribution in [2.24, 2.45) is 0 Å². The summed E-state index contributed by atoms with van der Waals surface area (Å²) in [6.07, 6.45) is -5.53. The summed E-state index contributed by atoms with van der Waals surface area (Å²) in [4.78, 5) is 24.2. The van der Waals surface area contributed by atoms with Gasteiger partial charge in [0, 0.05) is 5.56 Å². The zero-order valence-electron chi connectivity index (χ0n) is 16.0. The van der Waals surface area contributed by atoms with Gasteiger partial charge in [-0.3, -0.25) is 20.4 Å². The van der Waals surface area contributed by atoms with Crippen molar-refractivity contribution in [3.05, 3.63) is 77.8 Å². The van der Waals surface area contributed by atoms with E-state index >= 15 is 0 Å². The Labute approximate surface area is 173 Å². The van der Waals surface area contributed by atoms with Crippen molar-refractivity contribution < 1.29 is 36.3 Å². The van der Waals surface area contributed by atoms with E-state index in [-0.39, 0.29) is 22.8 Å². The second-order valence-electron chi connectivity index (χ2n) is 6.40. The van der Waals surface area contributed by atoms with Crippen molar-refractivity contribution in [3.8, 4) is 17.1 Å². The van der Waals surface area contributed by atoms with E-state index in [0.717, 1.165) is 12.1 Å². The van der Waals surface area contributed by atoms with E-state index in [9.17, 15) is 27.2 Å². The van der Waals surface area contributed by atoms with Gasteiger partial charge in [-0.05, 0) is 55.5 Å². The fraction of sp³-hybridized carbons (Fsp3) is 0.143. The highest BCUT2D eigenvalue weighted by Crippen LogP contribution is 2.32. The van der Waals surface area contributed by atoms with Crippen LogP contribution >= 0.6 is 0 Å². The maximum Gasteiger partial charge on any atom is 0.416 e. The number of nitrogens with one attached hydrogen (secondary N) is 2. The predicted molar refractivity (Wildman–Crippen MR) is 101 cm³/mol. The van der Waals surface area contributed by atoms with Crippen LogP contribution < -0.4 is 15.6 Å². The average Bonchev–Trinajstić information content (AvgIpc) is 3.23. The highest BCUT2D eigenvalue weighted by Gasteiger charge is 2.30. The molecule has 162 valence electrons. The average molecular weight is 436 g/mol. The minimum atomic E-state index is -4.51. The van der Waals surface area contributed by atoms with Crippen LogP contribution in [-0.4, -0.2) is 17.9 Å². The Balaban J connectivity index is 1.58. The Bertz CT molecular complexity index is 1080. The smallest absolute Gasteiger partial charge is 0.416 e. The summed E-state index contributed by atoms with van der Waals surface area (Å²) in [6, 6.07) is 12.1. The molecule has 2 amide bonds. The lowest BCUT2D eigenvalue weighted by atomic mass is 10.1. The van der Waals surface area contributed by atoms with E-state index in [1.807, 2.05) is 0 Å². The van der Waals surface area contributed by atoms with Crippen LogP contribution in [0.3, 0.4) is 0 Å². The Morgan fingerprint density at radius 2 is 1.71 bits per heavy atom. The van der Waals surface area contributed by atoms with E-state index in [1.54, 1.807) is 0 Å². The van der Waals surface area contributed by atoms with E-state index in [1.165, 1.54) is 55.5 Å². The molecule has 0 fully saturated rings. The highest BCUT2D eigenvalue weighted by atomic mass is 19.4. The van der Waals surface area contributed by atoms with Crippen LogP contribution in [0.5, 0.6) is 5.75 Å². The van der Waals surface area contributed by atoms with Gasteiger partial charge in [-0.15, -0.1) is 0 Å².